The summed E-state index contributed by atoms with van der Waals surface area (Å²) in [6, 6.07) is 15.1. The van der Waals surface area contributed by atoms with E-state index in [0.29, 0.717) is 12.6 Å². The van der Waals surface area contributed by atoms with E-state index in [-0.39, 0.29) is 6.04 Å². The van der Waals surface area contributed by atoms with Crippen LogP contribution in [-0.4, -0.2) is 43.1 Å². The van der Waals surface area contributed by atoms with E-state index in [0.717, 1.165) is 18.1 Å². The molecule has 5 nitrogen and oxygen atoms in total. The Bertz CT molecular complexity index is 691. The van der Waals surface area contributed by atoms with Crippen molar-refractivity contribution in [3.63, 3.8) is 0 Å². The molecule has 3 rings (SSSR count). The molecule has 0 amide bonds. The minimum Gasteiger partial charge on any atom is -0.469 e. The molecule has 1 aliphatic rings. The molecule has 2 aromatic rings. The Kier molecular flexibility index (Phi) is 7.97. The molecule has 152 valence electrons. The van der Waals surface area contributed by atoms with Crippen molar-refractivity contribution in [1.82, 2.24) is 15.5 Å². The van der Waals surface area contributed by atoms with E-state index in [2.05, 4.69) is 59.7 Å². The predicted octanol–water partition coefficient (Wildman–Crippen LogP) is 3.99. The number of likely N-dealkylation sites (tertiary alicyclic amines) is 1. The third-order valence-electron chi connectivity index (χ3n) is 5.33. The second-order valence-electron chi connectivity index (χ2n) is 7.60. The van der Waals surface area contributed by atoms with Crippen molar-refractivity contribution < 1.29 is 4.42 Å². The van der Waals surface area contributed by atoms with E-state index >= 15 is 0 Å². The summed E-state index contributed by atoms with van der Waals surface area (Å²) in [7, 11) is 0. The first-order valence-electron chi connectivity index (χ1n) is 10.6. The third kappa shape index (κ3) is 6.41. The molecule has 5 heteroatoms. The van der Waals surface area contributed by atoms with Gasteiger partial charge >= 0.3 is 0 Å². The van der Waals surface area contributed by atoms with Crippen LogP contribution in [0.1, 0.15) is 50.5 Å². The zero-order valence-electron chi connectivity index (χ0n) is 17.2. The van der Waals surface area contributed by atoms with Crippen molar-refractivity contribution in [3.8, 4) is 0 Å². The lowest BCUT2D eigenvalue weighted by molar-refractivity contribution is 0.206. The minimum absolute atomic E-state index is 0.205. The van der Waals surface area contributed by atoms with Gasteiger partial charge in [-0.2, -0.15) is 0 Å². The second kappa shape index (κ2) is 10.9. The van der Waals surface area contributed by atoms with E-state index in [1.54, 1.807) is 6.26 Å². The van der Waals surface area contributed by atoms with Crippen LogP contribution < -0.4 is 10.6 Å². The second-order valence-corrected chi connectivity index (χ2v) is 7.60. The summed E-state index contributed by atoms with van der Waals surface area (Å²) in [5.41, 5.74) is 1.26. The summed E-state index contributed by atoms with van der Waals surface area (Å²) in [5.74, 6) is 1.88. The number of aliphatic imine (C=N–C) groups is 1. The molecule has 1 aromatic carbocycles. The van der Waals surface area contributed by atoms with Crippen LogP contribution in [0.2, 0.25) is 0 Å². The maximum absolute atomic E-state index is 5.43. The molecular weight excluding hydrogens is 348 g/mol. The lowest BCUT2D eigenvalue weighted by Crippen LogP contribution is -2.49. The van der Waals surface area contributed by atoms with Crippen molar-refractivity contribution in [2.75, 3.05) is 26.2 Å². The number of hydrogen-bond acceptors (Lipinski definition) is 3. The standard InChI is InChI=1S/C23H34N4O/c1-3-15-27-16-12-21(13-17-27)26-23(24-14-11-22-10-7-18-28-22)25-19(2)20-8-5-4-6-9-20/h4-10,18-19,21H,3,11-17H2,1-2H3,(H2,24,25,26). The van der Waals surface area contributed by atoms with Crippen molar-refractivity contribution >= 4 is 5.96 Å². The van der Waals surface area contributed by atoms with E-state index in [4.69, 9.17) is 9.41 Å². The van der Waals surface area contributed by atoms with Crippen LogP contribution in [0.4, 0.5) is 0 Å². The zero-order chi connectivity index (χ0) is 19.6. The molecule has 1 atom stereocenters. The first kappa shape index (κ1) is 20.5. The van der Waals surface area contributed by atoms with Crippen LogP contribution >= 0.6 is 0 Å². The van der Waals surface area contributed by atoms with Gasteiger partial charge in [-0.3, -0.25) is 4.99 Å². The van der Waals surface area contributed by atoms with E-state index < -0.39 is 0 Å². The van der Waals surface area contributed by atoms with Gasteiger partial charge in [-0.1, -0.05) is 37.3 Å². The summed E-state index contributed by atoms with van der Waals surface area (Å²) in [5, 5.41) is 7.27. The highest BCUT2D eigenvalue weighted by Crippen LogP contribution is 2.13. The smallest absolute Gasteiger partial charge is 0.191 e. The number of hydrogen-bond donors (Lipinski definition) is 2. The molecule has 0 spiro atoms. The SMILES string of the molecule is CCCN1CCC(NC(=NCCc2ccco2)NC(C)c2ccccc2)CC1. The van der Waals surface area contributed by atoms with Crippen LogP contribution in [0.15, 0.2) is 58.1 Å². The van der Waals surface area contributed by atoms with Gasteiger partial charge in [0, 0.05) is 32.1 Å². The van der Waals surface area contributed by atoms with Crippen molar-refractivity contribution in [1.29, 1.82) is 0 Å². The van der Waals surface area contributed by atoms with Gasteiger partial charge in [0.05, 0.1) is 12.3 Å². The van der Waals surface area contributed by atoms with Crippen molar-refractivity contribution in [3.05, 3.63) is 60.1 Å². The molecule has 1 unspecified atom stereocenters. The first-order valence-corrected chi connectivity index (χ1v) is 10.6. The van der Waals surface area contributed by atoms with Gasteiger partial charge in [0.2, 0.25) is 0 Å². The number of nitrogens with one attached hydrogen (secondary N) is 2. The summed E-state index contributed by atoms with van der Waals surface area (Å²) < 4.78 is 5.43. The number of benzene rings is 1. The molecule has 1 saturated heterocycles. The summed E-state index contributed by atoms with van der Waals surface area (Å²) in [6.45, 7) is 8.68. The molecule has 1 aromatic heterocycles. The number of piperidine rings is 1. The van der Waals surface area contributed by atoms with Crippen LogP contribution in [0.5, 0.6) is 0 Å². The fourth-order valence-electron chi connectivity index (χ4n) is 3.71. The monoisotopic (exact) mass is 382 g/mol. The molecule has 0 radical (unpaired) electrons. The van der Waals surface area contributed by atoms with Crippen molar-refractivity contribution in [2.45, 2.75) is 51.6 Å². The normalized spacial score (nSPS) is 17.4. The molecule has 1 fully saturated rings. The highest BCUT2D eigenvalue weighted by Gasteiger charge is 2.20. The van der Waals surface area contributed by atoms with Gasteiger partial charge in [0.25, 0.3) is 0 Å². The molecule has 0 aliphatic carbocycles. The van der Waals surface area contributed by atoms with Gasteiger partial charge in [-0.05, 0) is 50.4 Å². The Balaban J connectivity index is 1.58. The van der Waals surface area contributed by atoms with E-state index in [1.165, 1.54) is 44.5 Å². The highest BCUT2D eigenvalue weighted by atomic mass is 16.3. The fourth-order valence-corrected chi connectivity index (χ4v) is 3.71. The zero-order valence-corrected chi connectivity index (χ0v) is 17.2. The average Bonchev–Trinajstić information content (AvgIpc) is 3.24. The Hall–Kier alpha value is -2.27. The molecular formula is C23H34N4O. The Labute approximate surface area is 169 Å². The minimum atomic E-state index is 0.205. The molecule has 0 saturated carbocycles. The molecule has 28 heavy (non-hydrogen) atoms. The topological polar surface area (TPSA) is 52.8 Å². The maximum Gasteiger partial charge on any atom is 0.191 e. The van der Waals surface area contributed by atoms with Crippen LogP contribution in [0, 0.1) is 0 Å². The molecule has 2 heterocycles. The summed E-state index contributed by atoms with van der Waals surface area (Å²) in [4.78, 5) is 7.40. The highest BCUT2D eigenvalue weighted by molar-refractivity contribution is 5.80. The first-order chi connectivity index (χ1) is 13.7. The average molecular weight is 383 g/mol. The lowest BCUT2D eigenvalue weighted by Gasteiger charge is -2.33. The Morgan fingerprint density at radius 2 is 1.96 bits per heavy atom. The molecule has 2 N–H and O–H groups in total. The fraction of sp³-hybridized carbons (Fsp3) is 0.522. The van der Waals surface area contributed by atoms with E-state index in [1.807, 2.05) is 12.1 Å². The van der Waals surface area contributed by atoms with Crippen LogP contribution in [0.25, 0.3) is 0 Å². The van der Waals surface area contributed by atoms with E-state index in [9.17, 15) is 0 Å². The summed E-state index contributed by atoms with van der Waals surface area (Å²) in [6.07, 6.45) is 6.09. The van der Waals surface area contributed by atoms with Crippen molar-refractivity contribution in [2.24, 2.45) is 4.99 Å². The number of guanidine groups is 1. The largest absolute Gasteiger partial charge is 0.469 e. The third-order valence-corrected chi connectivity index (χ3v) is 5.33. The Morgan fingerprint density at radius 3 is 2.64 bits per heavy atom. The Morgan fingerprint density at radius 1 is 1.18 bits per heavy atom. The number of rotatable bonds is 8. The number of nitrogens with zero attached hydrogens (tertiary/aromatic N) is 2. The number of furan rings is 1. The quantitative estimate of drug-likeness (QED) is 0.535. The van der Waals surface area contributed by atoms with Crippen LogP contribution in [0.3, 0.4) is 0 Å². The van der Waals surface area contributed by atoms with Gasteiger partial charge in [0.15, 0.2) is 5.96 Å². The predicted molar refractivity (Wildman–Crippen MR) is 116 cm³/mol. The van der Waals surface area contributed by atoms with Gasteiger partial charge in [-0.25, -0.2) is 0 Å². The summed E-state index contributed by atoms with van der Waals surface area (Å²) >= 11 is 0. The van der Waals surface area contributed by atoms with Gasteiger partial charge in [0.1, 0.15) is 5.76 Å². The maximum atomic E-state index is 5.43. The lowest BCUT2D eigenvalue weighted by atomic mass is 10.0. The van der Waals surface area contributed by atoms with Gasteiger partial charge < -0.3 is 20.0 Å². The van der Waals surface area contributed by atoms with Gasteiger partial charge in [-0.15, -0.1) is 0 Å². The van der Waals surface area contributed by atoms with Crippen LogP contribution in [-0.2, 0) is 6.42 Å². The molecule has 1 aliphatic heterocycles. The molecule has 0 bridgehead atoms.